The van der Waals surface area contributed by atoms with Crippen LogP contribution in [0.2, 0.25) is 0 Å². The van der Waals surface area contributed by atoms with Crippen LogP contribution in [0.15, 0.2) is 54.9 Å². The van der Waals surface area contributed by atoms with Crippen LogP contribution < -0.4 is 10.6 Å². The van der Waals surface area contributed by atoms with Crippen molar-refractivity contribution in [2.45, 2.75) is 6.92 Å². The minimum atomic E-state index is -0.0971. The van der Waals surface area contributed by atoms with Crippen LogP contribution in [0.1, 0.15) is 16.1 Å². The van der Waals surface area contributed by atoms with E-state index in [1.54, 1.807) is 6.33 Å². The van der Waals surface area contributed by atoms with Crippen LogP contribution in [0.4, 0.5) is 5.69 Å². The molecule has 0 atom stereocenters. The van der Waals surface area contributed by atoms with Crippen molar-refractivity contribution in [1.29, 1.82) is 0 Å². The van der Waals surface area contributed by atoms with E-state index < -0.39 is 0 Å². The Labute approximate surface area is 157 Å². The van der Waals surface area contributed by atoms with Crippen molar-refractivity contribution in [2.24, 2.45) is 7.05 Å². The molecule has 2 aromatic carbocycles. The van der Waals surface area contributed by atoms with E-state index in [9.17, 15) is 4.79 Å². The molecular weight excluding hydrogens is 338 g/mol. The molecular formula is C21H21N5O. The summed E-state index contributed by atoms with van der Waals surface area (Å²) in [6.45, 7) is 3.13. The SMILES string of the molecule is Cc1cc(NCCNC(=O)c2ccc3c(c2)ncn3C)c2ccccc2n1. The molecule has 4 rings (SSSR count). The number of imidazole rings is 1. The molecule has 0 saturated carbocycles. The van der Waals surface area contributed by atoms with E-state index in [1.165, 1.54) is 0 Å². The van der Waals surface area contributed by atoms with Gasteiger partial charge in [0.2, 0.25) is 0 Å². The van der Waals surface area contributed by atoms with Crippen LogP contribution in [0.5, 0.6) is 0 Å². The molecule has 6 nitrogen and oxygen atoms in total. The number of para-hydroxylation sites is 1. The van der Waals surface area contributed by atoms with Gasteiger partial charge >= 0.3 is 0 Å². The van der Waals surface area contributed by atoms with Gasteiger partial charge in [-0.1, -0.05) is 18.2 Å². The second-order valence-corrected chi connectivity index (χ2v) is 6.57. The Balaban J connectivity index is 1.39. The van der Waals surface area contributed by atoms with Crippen LogP contribution in [0.25, 0.3) is 21.9 Å². The molecule has 27 heavy (non-hydrogen) atoms. The van der Waals surface area contributed by atoms with Crippen molar-refractivity contribution in [1.82, 2.24) is 19.9 Å². The van der Waals surface area contributed by atoms with Crippen molar-refractivity contribution >= 4 is 33.5 Å². The lowest BCUT2D eigenvalue weighted by molar-refractivity contribution is 0.0955. The highest BCUT2D eigenvalue weighted by Crippen LogP contribution is 2.22. The summed E-state index contributed by atoms with van der Waals surface area (Å²) in [4.78, 5) is 21.2. The van der Waals surface area contributed by atoms with E-state index in [0.29, 0.717) is 18.7 Å². The summed E-state index contributed by atoms with van der Waals surface area (Å²) in [6.07, 6.45) is 1.75. The van der Waals surface area contributed by atoms with Crippen molar-refractivity contribution in [3.05, 3.63) is 66.1 Å². The number of nitrogens with zero attached hydrogens (tertiary/aromatic N) is 3. The summed E-state index contributed by atoms with van der Waals surface area (Å²) in [5, 5.41) is 7.43. The number of hydrogen-bond acceptors (Lipinski definition) is 4. The van der Waals surface area contributed by atoms with E-state index in [1.807, 2.05) is 67.1 Å². The first-order chi connectivity index (χ1) is 13.1. The highest BCUT2D eigenvalue weighted by Gasteiger charge is 2.08. The highest BCUT2D eigenvalue weighted by molar-refractivity contribution is 5.97. The molecule has 0 radical (unpaired) electrons. The van der Waals surface area contributed by atoms with Gasteiger partial charge in [-0.25, -0.2) is 4.98 Å². The predicted octanol–water partition coefficient (Wildman–Crippen LogP) is 3.27. The van der Waals surface area contributed by atoms with Crippen LogP contribution in [0, 0.1) is 6.92 Å². The first kappa shape index (κ1) is 17.0. The number of anilines is 1. The summed E-state index contributed by atoms with van der Waals surface area (Å²) in [7, 11) is 1.94. The second kappa shape index (κ2) is 7.07. The maximum atomic E-state index is 12.4. The molecule has 136 valence electrons. The normalized spacial score (nSPS) is 11.0. The average molecular weight is 359 g/mol. The van der Waals surface area contributed by atoms with Gasteiger partial charge in [0.1, 0.15) is 0 Å². The lowest BCUT2D eigenvalue weighted by atomic mass is 10.1. The van der Waals surface area contributed by atoms with Gasteiger partial charge < -0.3 is 15.2 Å². The average Bonchev–Trinajstić information content (AvgIpc) is 3.05. The largest absolute Gasteiger partial charge is 0.383 e. The zero-order valence-electron chi connectivity index (χ0n) is 15.4. The molecule has 0 bridgehead atoms. The van der Waals surface area contributed by atoms with Crippen LogP contribution in [-0.2, 0) is 7.05 Å². The summed E-state index contributed by atoms with van der Waals surface area (Å²) in [6, 6.07) is 15.6. The molecule has 1 amide bonds. The Bertz CT molecular complexity index is 1130. The Morgan fingerprint density at radius 1 is 1.07 bits per heavy atom. The van der Waals surface area contributed by atoms with Crippen molar-refractivity contribution in [3.63, 3.8) is 0 Å². The molecule has 6 heteroatoms. The Morgan fingerprint density at radius 2 is 1.93 bits per heavy atom. The van der Waals surface area contributed by atoms with Gasteiger partial charge in [-0.2, -0.15) is 0 Å². The van der Waals surface area contributed by atoms with Gasteiger partial charge in [0.05, 0.1) is 22.9 Å². The number of carbonyl (C=O) groups excluding carboxylic acids is 1. The van der Waals surface area contributed by atoms with Gasteiger partial charge in [0.25, 0.3) is 5.91 Å². The maximum Gasteiger partial charge on any atom is 0.251 e. The molecule has 0 aliphatic carbocycles. The van der Waals surface area contributed by atoms with Crippen molar-refractivity contribution < 1.29 is 4.79 Å². The number of rotatable bonds is 5. The third-order valence-electron chi connectivity index (χ3n) is 4.56. The van der Waals surface area contributed by atoms with E-state index in [0.717, 1.165) is 33.3 Å². The topological polar surface area (TPSA) is 71.8 Å². The van der Waals surface area contributed by atoms with Gasteiger partial charge in [-0.3, -0.25) is 9.78 Å². The van der Waals surface area contributed by atoms with Gasteiger partial charge in [0.15, 0.2) is 0 Å². The third kappa shape index (κ3) is 3.46. The van der Waals surface area contributed by atoms with Gasteiger partial charge in [-0.05, 0) is 37.3 Å². The molecule has 4 aromatic rings. The quantitative estimate of drug-likeness (QED) is 0.537. The van der Waals surface area contributed by atoms with Crippen molar-refractivity contribution in [3.8, 4) is 0 Å². The number of fused-ring (bicyclic) bond motifs is 2. The zero-order valence-corrected chi connectivity index (χ0v) is 15.4. The van der Waals surface area contributed by atoms with Crippen LogP contribution >= 0.6 is 0 Å². The molecule has 0 fully saturated rings. The summed E-state index contributed by atoms with van der Waals surface area (Å²) in [5.74, 6) is -0.0971. The number of aryl methyl sites for hydroxylation is 2. The minimum absolute atomic E-state index is 0.0971. The number of pyridine rings is 1. The van der Waals surface area contributed by atoms with E-state index in [-0.39, 0.29) is 5.91 Å². The number of carbonyl (C=O) groups is 1. The third-order valence-corrected chi connectivity index (χ3v) is 4.56. The predicted molar refractivity (Wildman–Crippen MR) is 108 cm³/mol. The Kier molecular flexibility index (Phi) is 4.46. The number of nitrogens with one attached hydrogen (secondary N) is 2. The summed E-state index contributed by atoms with van der Waals surface area (Å²) in [5.41, 5.74) is 5.40. The smallest absolute Gasteiger partial charge is 0.251 e. The standard InChI is InChI=1S/C21H21N5O/c1-14-11-18(16-5-3-4-6-17(16)25-14)22-9-10-23-21(27)15-7-8-20-19(12-15)24-13-26(20)2/h3-8,11-13H,9-10H2,1-2H3,(H,22,25)(H,23,27). The molecule has 0 aliphatic heterocycles. The molecule has 0 aliphatic rings. The molecule has 0 saturated heterocycles. The van der Waals surface area contributed by atoms with Gasteiger partial charge in [0, 0.05) is 42.5 Å². The fourth-order valence-corrected chi connectivity index (χ4v) is 3.21. The van der Waals surface area contributed by atoms with E-state index in [2.05, 4.69) is 20.6 Å². The zero-order chi connectivity index (χ0) is 18.8. The molecule has 2 heterocycles. The highest BCUT2D eigenvalue weighted by atomic mass is 16.1. The Hall–Kier alpha value is -3.41. The Morgan fingerprint density at radius 3 is 2.81 bits per heavy atom. The van der Waals surface area contributed by atoms with Gasteiger partial charge in [-0.15, -0.1) is 0 Å². The van der Waals surface area contributed by atoms with Crippen molar-refractivity contribution in [2.75, 3.05) is 18.4 Å². The number of hydrogen-bond donors (Lipinski definition) is 2. The summed E-state index contributed by atoms with van der Waals surface area (Å²) < 4.78 is 1.93. The minimum Gasteiger partial charge on any atom is -0.383 e. The number of benzene rings is 2. The van der Waals surface area contributed by atoms with Crippen LogP contribution in [0.3, 0.4) is 0 Å². The number of aromatic nitrogens is 3. The first-order valence-electron chi connectivity index (χ1n) is 8.91. The lowest BCUT2D eigenvalue weighted by Gasteiger charge is -2.11. The van der Waals surface area contributed by atoms with Crippen LogP contribution in [-0.4, -0.2) is 33.5 Å². The molecule has 0 unspecified atom stereocenters. The fraction of sp³-hybridized carbons (Fsp3) is 0.190. The van der Waals surface area contributed by atoms with E-state index >= 15 is 0 Å². The molecule has 0 spiro atoms. The maximum absolute atomic E-state index is 12.4. The number of amides is 1. The first-order valence-corrected chi connectivity index (χ1v) is 8.91. The lowest BCUT2D eigenvalue weighted by Crippen LogP contribution is -2.28. The van der Waals surface area contributed by atoms with E-state index in [4.69, 9.17) is 0 Å². The monoisotopic (exact) mass is 359 g/mol. The summed E-state index contributed by atoms with van der Waals surface area (Å²) >= 11 is 0. The second-order valence-electron chi connectivity index (χ2n) is 6.57. The fourth-order valence-electron chi connectivity index (χ4n) is 3.21. The molecule has 2 N–H and O–H groups in total. The molecule has 2 aromatic heterocycles.